The SMILES string of the molecule is CNCCCc1nc(Cl)c2c(N)cccn12. The summed E-state index contributed by atoms with van der Waals surface area (Å²) in [7, 11) is 1.94. The summed E-state index contributed by atoms with van der Waals surface area (Å²) < 4.78 is 1.97. The van der Waals surface area contributed by atoms with E-state index in [-0.39, 0.29) is 0 Å². The monoisotopic (exact) mass is 238 g/mol. The number of nitrogen functional groups attached to an aromatic ring is 1. The van der Waals surface area contributed by atoms with Crippen LogP contribution in [0.15, 0.2) is 18.3 Å². The quantitative estimate of drug-likeness (QED) is 0.798. The molecule has 0 amide bonds. The van der Waals surface area contributed by atoms with E-state index in [1.165, 1.54) is 0 Å². The van der Waals surface area contributed by atoms with Gasteiger partial charge in [0, 0.05) is 12.6 Å². The molecule has 2 aromatic rings. The molecule has 0 radical (unpaired) electrons. The smallest absolute Gasteiger partial charge is 0.157 e. The summed E-state index contributed by atoms with van der Waals surface area (Å²) in [6.45, 7) is 0.967. The first-order chi connectivity index (χ1) is 7.74. The van der Waals surface area contributed by atoms with Crippen molar-refractivity contribution in [3.05, 3.63) is 29.3 Å². The number of imidazole rings is 1. The molecule has 0 unspecified atom stereocenters. The first-order valence-corrected chi connectivity index (χ1v) is 5.67. The van der Waals surface area contributed by atoms with Gasteiger partial charge in [0.1, 0.15) is 11.3 Å². The van der Waals surface area contributed by atoms with Crippen molar-refractivity contribution in [1.29, 1.82) is 0 Å². The van der Waals surface area contributed by atoms with E-state index in [1.54, 1.807) is 0 Å². The summed E-state index contributed by atoms with van der Waals surface area (Å²) in [5.74, 6) is 0.961. The highest BCUT2D eigenvalue weighted by atomic mass is 35.5. The van der Waals surface area contributed by atoms with Gasteiger partial charge in [-0.1, -0.05) is 11.6 Å². The first kappa shape index (κ1) is 11.2. The molecule has 0 fully saturated rings. The third-order valence-electron chi connectivity index (χ3n) is 2.55. The van der Waals surface area contributed by atoms with Crippen molar-refractivity contribution in [2.45, 2.75) is 12.8 Å². The molecule has 86 valence electrons. The van der Waals surface area contributed by atoms with E-state index in [9.17, 15) is 0 Å². The predicted molar refractivity (Wildman–Crippen MR) is 66.9 cm³/mol. The topological polar surface area (TPSA) is 55.3 Å². The maximum absolute atomic E-state index is 6.07. The van der Waals surface area contributed by atoms with Gasteiger partial charge in [0.25, 0.3) is 0 Å². The molecule has 4 nitrogen and oxygen atoms in total. The molecule has 2 aromatic heterocycles. The van der Waals surface area contributed by atoms with Gasteiger partial charge in [-0.15, -0.1) is 0 Å². The second kappa shape index (κ2) is 4.72. The molecule has 0 bridgehead atoms. The Labute approximate surface area is 99.4 Å². The van der Waals surface area contributed by atoms with Crippen LogP contribution in [0.3, 0.4) is 0 Å². The zero-order valence-electron chi connectivity index (χ0n) is 9.20. The van der Waals surface area contributed by atoms with E-state index >= 15 is 0 Å². The Kier molecular flexibility index (Phi) is 3.31. The number of hydrogen-bond acceptors (Lipinski definition) is 3. The predicted octanol–water partition coefficient (Wildman–Crippen LogP) is 1.72. The second-order valence-electron chi connectivity index (χ2n) is 3.71. The fraction of sp³-hybridized carbons (Fsp3) is 0.364. The van der Waals surface area contributed by atoms with Crippen LogP contribution in [0, 0.1) is 0 Å². The molecular formula is C11H15ClN4. The number of nitrogens with two attached hydrogens (primary N) is 1. The van der Waals surface area contributed by atoms with Crippen LogP contribution >= 0.6 is 11.6 Å². The van der Waals surface area contributed by atoms with Crippen LogP contribution in [0.1, 0.15) is 12.2 Å². The van der Waals surface area contributed by atoms with Crippen LogP contribution in [0.4, 0.5) is 5.69 Å². The van der Waals surface area contributed by atoms with Gasteiger partial charge in [0.2, 0.25) is 0 Å². The summed E-state index contributed by atoms with van der Waals surface area (Å²) in [4.78, 5) is 4.34. The van der Waals surface area contributed by atoms with Crippen molar-refractivity contribution in [1.82, 2.24) is 14.7 Å². The van der Waals surface area contributed by atoms with E-state index in [4.69, 9.17) is 17.3 Å². The Morgan fingerprint density at radius 3 is 3.12 bits per heavy atom. The zero-order chi connectivity index (χ0) is 11.5. The number of rotatable bonds is 4. The minimum absolute atomic E-state index is 0.484. The molecule has 2 heterocycles. The molecule has 0 aromatic carbocycles. The molecular weight excluding hydrogens is 224 g/mol. The summed E-state index contributed by atoms with van der Waals surface area (Å²) in [5, 5.41) is 3.59. The maximum atomic E-state index is 6.07. The first-order valence-electron chi connectivity index (χ1n) is 5.29. The number of anilines is 1. The van der Waals surface area contributed by atoms with E-state index in [2.05, 4.69) is 10.3 Å². The number of nitrogens with zero attached hydrogens (tertiary/aromatic N) is 2. The molecule has 0 saturated heterocycles. The van der Waals surface area contributed by atoms with Crippen molar-refractivity contribution in [3.63, 3.8) is 0 Å². The lowest BCUT2D eigenvalue weighted by atomic mass is 10.3. The Morgan fingerprint density at radius 2 is 2.38 bits per heavy atom. The third kappa shape index (κ3) is 1.99. The molecule has 0 spiro atoms. The lowest BCUT2D eigenvalue weighted by Gasteiger charge is -2.02. The average molecular weight is 239 g/mol. The Balaban J connectivity index is 2.36. The van der Waals surface area contributed by atoms with Gasteiger partial charge in [0.05, 0.1) is 5.69 Å². The van der Waals surface area contributed by atoms with Crippen molar-refractivity contribution in [3.8, 4) is 0 Å². The van der Waals surface area contributed by atoms with Gasteiger partial charge in [-0.25, -0.2) is 4.98 Å². The number of aromatic nitrogens is 2. The van der Waals surface area contributed by atoms with E-state index in [0.29, 0.717) is 10.8 Å². The maximum Gasteiger partial charge on any atom is 0.157 e. The number of halogens is 1. The second-order valence-corrected chi connectivity index (χ2v) is 4.07. The highest BCUT2D eigenvalue weighted by molar-refractivity contribution is 6.33. The van der Waals surface area contributed by atoms with Crippen LogP contribution < -0.4 is 11.1 Å². The van der Waals surface area contributed by atoms with Crippen LogP contribution in [0.2, 0.25) is 5.15 Å². The molecule has 0 aliphatic rings. The lowest BCUT2D eigenvalue weighted by Crippen LogP contribution is -2.09. The van der Waals surface area contributed by atoms with Crippen LogP contribution in [-0.4, -0.2) is 23.0 Å². The normalized spacial score (nSPS) is 11.1. The van der Waals surface area contributed by atoms with Crippen LogP contribution in [-0.2, 0) is 6.42 Å². The fourth-order valence-electron chi connectivity index (χ4n) is 1.78. The lowest BCUT2D eigenvalue weighted by molar-refractivity contribution is 0.701. The summed E-state index contributed by atoms with van der Waals surface area (Å²) in [5.41, 5.74) is 7.34. The molecule has 0 saturated carbocycles. The van der Waals surface area contributed by atoms with Gasteiger partial charge in [-0.3, -0.25) is 0 Å². The molecule has 0 aliphatic heterocycles. The number of nitrogens with one attached hydrogen (secondary N) is 1. The molecule has 2 rings (SSSR count). The number of fused-ring (bicyclic) bond motifs is 1. The highest BCUT2D eigenvalue weighted by Gasteiger charge is 2.10. The Hall–Kier alpha value is -1.26. The fourth-order valence-corrected chi connectivity index (χ4v) is 2.08. The Morgan fingerprint density at radius 1 is 1.56 bits per heavy atom. The minimum atomic E-state index is 0.484. The van der Waals surface area contributed by atoms with Crippen molar-refractivity contribution in [2.24, 2.45) is 0 Å². The molecule has 3 N–H and O–H groups in total. The molecule has 16 heavy (non-hydrogen) atoms. The molecule has 5 heteroatoms. The average Bonchev–Trinajstić information content (AvgIpc) is 2.58. The number of aryl methyl sites for hydroxylation is 1. The van der Waals surface area contributed by atoms with Crippen molar-refractivity contribution >= 4 is 22.8 Å². The van der Waals surface area contributed by atoms with Crippen LogP contribution in [0.25, 0.3) is 5.52 Å². The number of hydrogen-bond donors (Lipinski definition) is 2. The van der Waals surface area contributed by atoms with Gasteiger partial charge in [-0.2, -0.15) is 0 Å². The van der Waals surface area contributed by atoms with Gasteiger partial charge in [-0.05, 0) is 32.1 Å². The summed E-state index contributed by atoms with van der Waals surface area (Å²) in [6.07, 6.45) is 3.86. The largest absolute Gasteiger partial charge is 0.397 e. The van der Waals surface area contributed by atoms with Gasteiger partial charge >= 0.3 is 0 Å². The zero-order valence-corrected chi connectivity index (χ0v) is 9.96. The summed E-state index contributed by atoms with van der Waals surface area (Å²) >= 11 is 6.07. The van der Waals surface area contributed by atoms with Gasteiger partial charge in [0.15, 0.2) is 5.15 Å². The number of pyridine rings is 1. The van der Waals surface area contributed by atoms with Crippen LogP contribution in [0.5, 0.6) is 0 Å². The molecule has 0 atom stereocenters. The molecule has 0 aliphatic carbocycles. The van der Waals surface area contributed by atoms with E-state index in [0.717, 1.165) is 30.7 Å². The van der Waals surface area contributed by atoms with Gasteiger partial charge < -0.3 is 15.5 Å². The van der Waals surface area contributed by atoms with Crippen molar-refractivity contribution in [2.75, 3.05) is 19.3 Å². The van der Waals surface area contributed by atoms with Crippen molar-refractivity contribution < 1.29 is 0 Å². The van der Waals surface area contributed by atoms with E-state index in [1.807, 2.05) is 29.8 Å². The van der Waals surface area contributed by atoms with E-state index < -0.39 is 0 Å². The third-order valence-corrected chi connectivity index (χ3v) is 2.82. The minimum Gasteiger partial charge on any atom is -0.397 e. The Bertz CT molecular complexity index is 492. The summed E-state index contributed by atoms with van der Waals surface area (Å²) in [6, 6.07) is 3.74. The highest BCUT2D eigenvalue weighted by Crippen LogP contribution is 2.24. The standard InChI is InChI=1S/C11H15ClN4/c1-14-6-2-5-9-15-11(12)10-8(13)4-3-7-16(9)10/h3-4,7,14H,2,5-6,13H2,1H3.